The highest BCUT2D eigenvalue weighted by Gasteiger charge is 2.50. The van der Waals surface area contributed by atoms with Crippen molar-refractivity contribution in [2.24, 2.45) is 0 Å². The van der Waals surface area contributed by atoms with Gasteiger partial charge in [-0.15, -0.1) is 0 Å². The molecule has 4 aliphatic heterocycles. The summed E-state index contributed by atoms with van der Waals surface area (Å²) < 4.78 is 22.8. The zero-order chi connectivity index (χ0) is 26.9. The predicted molar refractivity (Wildman–Crippen MR) is 131 cm³/mol. The zero-order valence-electron chi connectivity index (χ0n) is 20.8. The average molecular weight is 529 g/mol. The van der Waals surface area contributed by atoms with Gasteiger partial charge >= 0.3 is 0 Å². The molecule has 2 spiro atoms. The molecule has 6 rings (SSSR count). The number of aliphatic hydroxyl groups is 4. The maximum atomic E-state index is 11.1. The van der Waals surface area contributed by atoms with Crippen LogP contribution in [0, 0.1) is 0 Å². The number of hydrogen-bond acceptors (Lipinski definition) is 10. The van der Waals surface area contributed by atoms with Crippen molar-refractivity contribution in [3.05, 3.63) is 69.8 Å². The van der Waals surface area contributed by atoms with E-state index in [0.717, 1.165) is 34.8 Å². The molecule has 0 amide bonds. The molecule has 204 valence electrons. The average Bonchev–Trinajstić information content (AvgIpc) is 3.42. The van der Waals surface area contributed by atoms with Crippen molar-refractivity contribution in [2.75, 3.05) is 13.2 Å². The highest BCUT2D eigenvalue weighted by molar-refractivity contribution is 5.78. The first-order valence-electron chi connectivity index (χ1n) is 12.7. The molecule has 10 nitrogen and oxygen atoms in total. The first kappa shape index (κ1) is 27.0. The quantitative estimate of drug-likeness (QED) is 0.420. The third-order valence-electron chi connectivity index (χ3n) is 7.74. The van der Waals surface area contributed by atoms with Crippen LogP contribution in [0.1, 0.15) is 55.8 Å². The highest BCUT2D eigenvalue weighted by Crippen LogP contribution is 2.41. The Hall–Kier alpha value is -2.54. The number of carbonyl (C=O) groups is 2. The smallest absolute Gasteiger partial charge is 0.175 e. The van der Waals surface area contributed by atoms with E-state index in [1.165, 1.54) is 0 Å². The van der Waals surface area contributed by atoms with Crippen LogP contribution in [-0.2, 0) is 45.0 Å². The molecule has 0 aliphatic carbocycles. The fourth-order valence-corrected chi connectivity index (χ4v) is 5.73. The van der Waals surface area contributed by atoms with E-state index in [9.17, 15) is 19.8 Å². The number of benzene rings is 2. The molecular formula is C28H32O10. The van der Waals surface area contributed by atoms with Crippen LogP contribution in [0.2, 0.25) is 0 Å². The fourth-order valence-electron chi connectivity index (χ4n) is 5.73. The monoisotopic (exact) mass is 528 g/mol. The minimum absolute atomic E-state index is 0.242. The Labute approximate surface area is 219 Å². The Balaban J connectivity index is 0.000000155. The van der Waals surface area contributed by atoms with Gasteiger partial charge in [-0.2, -0.15) is 0 Å². The van der Waals surface area contributed by atoms with Gasteiger partial charge in [-0.05, 0) is 22.3 Å². The van der Waals surface area contributed by atoms with Crippen LogP contribution in [0.25, 0.3) is 0 Å². The predicted octanol–water partition coefficient (Wildman–Crippen LogP) is 0.820. The fraction of sp³-hybridized carbons (Fsp3) is 0.500. The van der Waals surface area contributed by atoms with E-state index in [0.29, 0.717) is 50.0 Å². The van der Waals surface area contributed by atoms with Gasteiger partial charge in [-0.25, -0.2) is 0 Å². The number of aldehydes is 2. The SMILES string of the molecule is O=Cc1cccc2c1C[C@@]1(C[C@H](O)[C@@H](CO)O1)OC2.O=Cc1cccc2c1C[C@]1(C[C@H](O)[C@@H](CO)O1)OC2. The lowest BCUT2D eigenvalue weighted by Crippen LogP contribution is -2.39. The molecule has 0 saturated carbocycles. The van der Waals surface area contributed by atoms with E-state index in [1.54, 1.807) is 12.1 Å². The Morgan fingerprint density at radius 3 is 1.50 bits per heavy atom. The lowest BCUT2D eigenvalue weighted by atomic mass is 9.91. The van der Waals surface area contributed by atoms with Gasteiger partial charge < -0.3 is 39.4 Å². The van der Waals surface area contributed by atoms with Crippen LogP contribution in [0.5, 0.6) is 0 Å². The lowest BCUT2D eigenvalue weighted by Gasteiger charge is -2.35. The first-order chi connectivity index (χ1) is 18.3. The maximum Gasteiger partial charge on any atom is 0.175 e. The molecule has 6 atom stereocenters. The number of ether oxygens (including phenoxy) is 4. The van der Waals surface area contributed by atoms with E-state index in [2.05, 4.69) is 0 Å². The molecule has 0 unspecified atom stereocenters. The summed E-state index contributed by atoms with van der Waals surface area (Å²) in [6.07, 6.45) is 0.393. The van der Waals surface area contributed by atoms with Crippen molar-refractivity contribution in [1.29, 1.82) is 0 Å². The van der Waals surface area contributed by atoms with Crippen LogP contribution in [-0.4, -0.2) is 82.2 Å². The van der Waals surface area contributed by atoms with Gasteiger partial charge in [-0.1, -0.05) is 36.4 Å². The minimum Gasteiger partial charge on any atom is -0.394 e. The van der Waals surface area contributed by atoms with Crippen molar-refractivity contribution in [3.63, 3.8) is 0 Å². The molecule has 0 bridgehead atoms. The molecule has 4 heterocycles. The summed E-state index contributed by atoms with van der Waals surface area (Å²) in [4.78, 5) is 22.2. The van der Waals surface area contributed by atoms with E-state index in [1.807, 2.05) is 24.3 Å². The molecular weight excluding hydrogens is 496 g/mol. The number of aliphatic hydroxyl groups excluding tert-OH is 4. The molecule has 0 aromatic heterocycles. The molecule has 0 radical (unpaired) electrons. The number of rotatable bonds is 4. The van der Waals surface area contributed by atoms with Gasteiger partial charge in [0.2, 0.25) is 0 Å². The highest BCUT2D eigenvalue weighted by atomic mass is 16.7. The van der Waals surface area contributed by atoms with Crippen molar-refractivity contribution in [1.82, 2.24) is 0 Å². The molecule has 2 saturated heterocycles. The second-order valence-corrected chi connectivity index (χ2v) is 10.2. The summed E-state index contributed by atoms with van der Waals surface area (Å²) >= 11 is 0. The molecule has 4 N–H and O–H groups in total. The summed E-state index contributed by atoms with van der Waals surface area (Å²) in [5, 5.41) is 38.0. The van der Waals surface area contributed by atoms with Crippen molar-refractivity contribution >= 4 is 12.6 Å². The van der Waals surface area contributed by atoms with E-state index in [4.69, 9.17) is 29.2 Å². The van der Waals surface area contributed by atoms with Crippen molar-refractivity contribution in [2.45, 2.75) is 74.9 Å². The summed E-state index contributed by atoms with van der Waals surface area (Å²) in [5.41, 5.74) is 5.03. The number of fused-ring (bicyclic) bond motifs is 2. The van der Waals surface area contributed by atoms with E-state index in [-0.39, 0.29) is 13.2 Å². The largest absolute Gasteiger partial charge is 0.394 e. The van der Waals surface area contributed by atoms with Crippen LogP contribution >= 0.6 is 0 Å². The maximum absolute atomic E-state index is 11.1. The third-order valence-corrected chi connectivity index (χ3v) is 7.74. The molecule has 38 heavy (non-hydrogen) atoms. The van der Waals surface area contributed by atoms with Crippen LogP contribution in [0.15, 0.2) is 36.4 Å². The van der Waals surface area contributed by atoms with Crippen molar-refractivity contribution < 1.29 is 49.0 Å². The Bertz CT molecular complexity index is 1090. The topological polar surface area (TPSA) is 152 Å². The summed E-state index contributed by atoms with van der Waals surface area (Å²) in [6, 6.07) is 11.0. The van der Waals surface area contributed by atoms with Gasteiger partial charge in [0.25, 0.3) is 0 Å². The Morgan fingerprint density at radius 2 is 1.16 bits per heavy atom. The second-order valence-electron chi connectivity index (χ2n) is 10.2. The molecule has 2 fully saturated rings. The first-order valence-corrected chi connectivity index (χ1v) is 12.7. The Kier molecular flexibility index (Phi) is 7.77. The Morgan fingerprint density at radius 1 is 0.737 bits per heavy atom. The summed E-state index contributed by atoms with van der Waals surface area (Å²) in [6.45, 7) is 0.215. The minimum atomic E-state index is -0.918. The molecule has 10 heteroatoms. The second kappa shape index (κ2) is 10.9. The number of hydrogen-bond donors (Lipinski definition) is 4. The zero-order valence-corrected chi connectivity index (χ0v) is 20.8. The molecule has 2 aromatic rings. The van der Waals surface area contributed by atoms with Gasteiger partial charge in [0.1, 0.15) is 24.8 Å². The molecule has 4 aliphatic rings. The van der Waals surface area contributed by atoms with E-state index >= 15 is 0 Å². The standard InChI is InChI=1S/2C14H16O5/c2*15-6-9-2-1-3-10-8-18-14(4-11(9)10)5-12(17)13(7-16)19-14/h2*1-3,6,12-13,16-17H,4-5,7-8H2/t12-,13+,14+;12-,13+,14-/m00/s1. The number of carbonyl (C=O) groups excluding carboxylic acids is 2. The van der Waals surface area contributed by atoms with Gasteiger partial charge in [0, 0.05) is 36.8 Å². The summed E-state index contributed by atoms with van der Waals surface area (Å²) in [5.74, 6) is -1.84. The normalized spacial score (nSPS) is 33.4. The lowest BCUT2D eigenvalue weighted by molar-refractivity contribution is -0.242. The van der Waals surface area contributed by atoms with Crippen molar-refractivity contribution in [3.8, 4) is 0 Å². The van der Waals surface area contributed by atoms with E-state index < -0.39 is 36.0 Å². The van der Waals surface area contributed by atoms with Crippen LogP contribution in [0.3, 0.4) is 0 Å². The third kappa shape index (κ3) is 5.06. The van der Waals surface area contributed by atoms with Gasteiger partial charge in [-0.3, -0.25) is 9.59 Å². The van der Waals surface area contributed by atoms with Crippen LogP contribution in [0.4, 0.5) is 0 Å². The van der Waals surface area contributed by atoms with Gasteiger partial charge in [0.05, 0.1) is 38.6 Å². The molecule has 2 aromatic carbocycles. The van der Waals surface area contributed by atoms with Gasteiger partial charge in [0.15, 0.2) is 11.6 Å². The summed E-state index contributed by atoms with van der Waals surface area (Å²) in [7, 11) is 0. The van der Waals surface area contributed by atoms with Crippen LogP contribution < -0.4 is 0 Å².